The van der Waals surface area contributed by atoms with Crippen molar-refractivity contribution < 1.29 is 9.53 Å². The lowest BCUT2D eigenvalue weighted by atomic mass is 9.95. The zero-order valence-corrected chi connectivity index (χ0v) is 10.0. The Labute approximate surface area is 88.0 Å². The Morgan fingerprint density at radius 3 is 2.21 bits per heavy atom. The molecule has 0 heterocycles. The number of carbonyl (C=O) groups excluding carboxylic acids is 1. The third kappa shape index (κ3) is 8.09. The van der Waals surface area contributed by atoms with Crippen molar-refractivity contribution >= 4 is 5.97 Å². The third-order valence-corrected chi connectivity index (χ3v) is 2.77. The fourth-order valence-electron chi connectivity index (χ4n) is 1.32. The average Bonchev–Trinajstić information content (AvgIpc) is 2.13. The maximum Gasteiger partial charge on any atom is 0.302 e. The molecule has 0 spiro atoms. The van der Waals surface area contributed by atoms with E-state index >= 15 is 0 Å². The van der Waals surface area contributed by atoms with E-state index in [-0.39, 0.29) is 5.97 Å². The predicted molar refractivity (Wildman–Crippen MR) is 59.1 cm³/mol. The SMILES string of the molecule is CCC(C)CCC(C)CCOC(C)=O. The zero-order chi connectivity index (χ0) is 11.0. The minimum Gasteiger partial charge on any atom is -0.466 e. The number of rotatable bonds is 7. The van der Waals surface area contributed by atoms with Crippen molar-refractivity contribution in [2.45, 2.75) is 53.4 Å². The number of hydrogen-bond donors (Lipinski definition) is 0. The summed E-state index contributed by atoms with van der Waals surface area (Å²) in [6.07, 6.45) is 4.79. The van der Waals surface area contributed by atoms with E-state index < -0.39 is 0 Å². The van der Waals surface area contributed by atoms with Crippen LogP contribution in [0, 0.1) is 11.8 Å². The van der Waals surface area contributed by atoms with E-state index in [9.17, 15) is 4.79 Å². The van der Waals surface area contributed by atoms with Crippen LogP contribution in [0.15, 0.2) is 0 Å². The second-order valence-corrected chi connectivity index (χ2v) is 4.32. The lowest BCUT2D eigenvalue weighted by molar-refractivity contribution is -0.141. The second kappa shape index (κ2) is 7.84. The summed E-state index contributed by atoms with van der Waals surface area (Å²) in [5, 5.41) is 0. The van der Waals surface area contributed by atoms with Crippen LogP contribution >= 0.6 is 0 Å². The van der Waals surface area contributed by atoms with Crippen molar-refractivity contribution in [2.75, 3.05) is 6.61 Å². The average molecular weight is 200 g/mol. The third-order valence-electron chi connectivity index (χ3n) is 2.77. The molecule has 2 heteroatoms. The van der Waals surface area contributed by atoms with Crippen LogP contribution in [-0.2, 0) is 9.53 Å². The molecule has 0 aliphatic carbocycles. The van der Waals surface area contributed by atoms with Crippen LogP contribution in [0.25, 0.3) is 0 Å². The number of hydrogen-bond acceptors (Lipinski definition) is 2. The van der Waals surface area contributed by atoms with Gasteiger partial charge < -0.3 is 4.74 Å². The molecule has 0 saturated heterocycles. The minimum atomic E-state index is -0.167. The van der Waals surface area contributed by atoms with Crippen molar-refractivity contribution in [3.05, 3.63) is 0 Å². The Hall–Kier alpha value is -0.530. The van der Waals surface area contributed by atoms with Crippen LogP contribution in [-0.4, -0.2) is 12.6 Å². The molecule has 2 atom stereocenters. The molecule has 0 aromatic heterocycles. The van der Waals surface area contributed by atoms with Crippen molar-refractivity contribution in [2.24, 2.45) is 11.8 Å². The first-order valence-electron chi connectivity index (χ1n) is 5.69. The summed E-state index contributed by atoms with van der Waals surface area (Å²) in [4.78, 5) is 10.5. The minimum absolute atomic E-state index is 0.167. The first-order valence-corrected chi connectivity index (χ1v) is 5.69. The van der Waals surface area contributed by atoms with Crippen molar-refractivity contribution in [1.29, 1.82) is 0 Å². The van der Waals surface area contributed by atoms with Crippen molar-refractivity contribution in [1.82, 2.24) is 0 Å². The lowest BCUT2D eigenvalue weighted by Crippen LogP contribution is -2.06. The topological polar surface area (TPSA) is 26.3 Å². The Bertz CT molecular complexity index is 154. The Balaban J connectivity index is 3.36. The molecule has 0 fully saturated rings. The van der Waals surface area contributed by atoms with Gasteiger partial charge in [-0.05, 0) is 18.3 Å². The van der Waals surface area contributed by atoms with Gasteiger partial charge in [0.15, 0.2) is 0 Å². The monoisotopic (exact) mass is 200 g/mol. The molecular weight excluding hydrogens is 176 g/mol. The van der Waals surface area contributed by atoms with Gasteiger partial charge in [-0.25, -0.2) is 0 Å². The molecule has 0 amide bonds. The highest BCUT2D eigenvalue weighted by atomic mass is 16.5. The van der Waals surface area contributed by atoms with Crippen LogP contribution in [0.5, 0.6) is 0 Å². The molecule has 0 saturated carbocycles. The van der Waals surface area contributed by atoms with E-state index in [1.165, 1.54) is 26.2 Å². The highest BCUT2D eigenvalue weighted by molar-refractivity contribution is 5.65. The van der Waals surface area contributed by atoms with E-state index in [4.69, 9.17) is 4.74 Å². The van der Waals surface area contributed by atoms with Gasteiger partial charge in [0.05, 0.1) is 6.61 Å². The van der Waals surface area contributed by atoms with E-state index in [1.54, 1.807) is 0 Å². The molecule has 14 heavy (non-hydrogen) atoms. The largest absolute Gasteiger partial charge is 0.466 e. The molecule has 0 aliphatic heterocycles. The smallest absolute Gasteiger partial charge is 0.302 e. The van der Waals surface area contributed by atoms with Gasteiger partial charge in [0.1, 0.15) is 0 Å². The molecule has 84 valence electrons. The van der Waals surface area contributed by atoms with Crippen LogP contribution in [0.2, 0.25) is 0 Å². The molecule has 0 N–H and O–H groups in total. The summed E-state index contributed by atoms with van der Waals surface area (Å²) in [6.45, 7) is 8.79. The summed E-state index contributed by atoms with van der Waals surface area (Å²) >= 11 is 0. The first-order chi connectivity index (χ1) is 6.56. The maximum absolute atomic E-state index is 10.5. The lowest BCUT2D eigenvalue weighted by Gasteiger charge is -2.13. The molecule has 0 rings (SSSR count). The van der Waals surface area contributed by atoms with Gasteiger partial charge in [-0.15, -0.1) is 0 Å². The summed E-state index contributed by atoms with van der Waals surface area (Å²) < 4.78 is 4.91. The van der Waals surface area contributed by atoms with Gasteiger partial charge in [-0.2, -0.15) is 0 Å². The summed E-state index contributed by atoms with van der Waals surface area (Å²) in [5.74, 6) is 1.33. The molecular formula is C12H24O2. The highest BCUT2D eigenvalue weighted by Gasteiger charge is 2.05. The fourth-order valence-corrected chi connectivity index (χ4v) is 1.32. The number of esters is 1. The van der Waals surface area contributed by atoms with Crippen molar-refractivity contribution in [3.8, 4) is 0 Å². The quantitative estimate of drug-likeness (QED) is 0.589. The molecule has 0 radical (unpaired) electrons. The van der Waals surface area contributed by atoms with Crippen LogP contribution < -0.4 is 0 Å². The van der Waals surface area contributed by atoms with Gasteiger partial charge in [0.2, 0.25) is 0 Å². The van der Waals surface area contributed by atoms with E-state index in [2.05, 4.69) is 20.8 Å². The Morgan fingerprint density at radius 1 is 1.14 bits per heavy atom. The molecule has 0 aromatic rings. The summed E-state index contributed by atoms with van der Waals surface area (Å²) in [5.41, 5.74) is 0. The van der Waals surface area contributed by atoms with Crippen LogP contribution in [0.1, 0.15) is 53.4 Å². The van der Waals surface area contributed by atoms with E-state index in [1.807, 2.05) is 0 Å². The molecule has 0 aliphatic rings. The molecule has 0 aromatic carbocycles. The van der Waals surface area contributed by atoms with Gasteiger partial charge >= 0.3 is 5.97 Å². The number of carbonyl (C=O) groups is 1. The molecule has 2 unspecified atom stereocenters. The van der Waals surface area contributed by atoms with Gasteiger partial charge in [0.25, 0.3) is 0 Å². The molecule has 2 nitrogen and oxygen atoms in total. The van der Waals surface area contributed by atoms with Gasteiger partial charge in [0, 0.05) is 6.92 Å². The standard InChI is InChI=1S/C12H24O2/c1-5-10(2)6-7-11(3)8-9-14-12(4)13/h10-11H,5-9H2,1-4H3. The normalized spacial score (nSPS) is 14.9. The maximum atomic E-state index is 10.5. The predicted octanol–water partition coefficient (Wildman–Crippen LogP) is 3.40. The number of ether oxygens (including phenoxy) is 1. The molecule has 0 bridgehead atoms. The Kier molecular flexibility index (Phi) is 7.54. The van der Waals surface area contributed by atoms with Gasteiger partial charge in [-0.1, -0.05) is 40.0 Å². The van der Waals surface area contributed by atoms with Crippen LogP contribution in [0.4, 0.5) is 0 Å². The zero-order valence-electron chi connectivity index (χ0n) is 10.0. The van der Waals surface area contributed by atoms with E-state index in [0.717, 1.165) is 12.3 Å². The highest BCUT2D eigenvalue weighted by Crippen LogP contribution is 2.17. The Morgan fingerprint density at radius 2 is 1.71 bits per heavy atom. The second-order valence-electron chi connectivity index (χ2n) is 4.32. The van der Waals surface area contributed by atoms with E-state index in [0.29, 0.717) is 12.5 Å². The summed E-state index contributed by atoms with van der Waals surface area (Å²) in [7, 11) is 0. The van der Waals surface area contributed by atoms with Crippen molar-refractivity contribution in [3.63, 3.8) is 0 Å². The van der Waals surface area contributed by atoms with Gasteiger partial charge in [-0.3, -0.25) is 4.79 Å². The van der Waals surface area contributed by atoms with Crippen LogP contribution in [0.3, 0.4) is 0 Å². The summed E-state index contributed by atoms with van der Waals surface area (Å²) in [6, 6.07) is 0. The first kappa shape index (κ1) is 13.5. The fraction of sp³-hybridized carbons (Fsp3) is 0.917.